The fourth-order valence-corrected chi connectivity index (χ4v) is 4.45. The summed E-state index contributed by atoms with van der Waals surface area (Å²) in [7, 11) is -3.50. The first kappa shape index (κ1) is 19.3. The zero-order valence-corrected chi connectivity index (χ0v) is 15.2. The number of benzene rings is 1. The van der Waals surface area contributed by atoms with Gasteiger partial charge < -0.3 is 20.7 Å². The number of sulfonamides is 1. The first-order valence-electron chi connectivity index (χ1n) is 8.02. The summed E-state index contributed by atoms with van der Waals surface area (Å²) >= 11 is 0. The van der Waals surface area contributed by atoms with E-state index in [0.29, 0.717) is 32.0 Å². The highest BCUT2D eigenvalue weighted by atomic mass is 35.5. The molecule has 9 heteroatoms. The number of nitrogen functional groups attached to an aromatic ring is 1. The van der Waals surface area contributed by atoms with Crippen LogP contribution < -0.4 is 16.0 Å². The second-order valence-electron chi connectivity index (χ2n) is 5.83. The fourth-order valence-electron chi connectivity index (χ4n) is 3.00. The van der Waals surface area contributed by atoms with Crippen molar-refractivity contribution < 1.29 is 13.2 Å². The minimum absolute atomic E-state index is 0. The third-order valence-electron chi connectivity index (χ3n) is 4.29. The number of morpholine rings is 1. The summed E-state index contributed by atoms with van der Waals surface area (Å²) in [4.78, 5) is 2.47. The summed E-state index contributed by atoms with van der Waals surface area (Å²) in [6.45, 7) is 5.37. The molecular formula is C15H25ClN4O3S. The Hall–Kier alpha value is -1.06. The number of hydrogen-bond donors (Lipinski definition) is 2. The number of hydrogen-bond acceptors (Lipinski definition) is 6. The number of nitrogens with one attached hydrogen (secondary N) is 1. The van der Waals surface area contributed by atoms with Gasteiger partial charge in [0, 0.05) is 32.7 Å². The zero-order valence-electron chi connectivity index (χ0n) is 13.6. The Morgan fingerprint density at radius 1 is 1.08 bits per heavy atom. The highest BCUT2D eigenvalue weighted by Gasteiger charge is 2.27. The summed E-state index contributed by atoms with van der Waals surface area (Å²) in [6.07, 6.45) is 1.05. The van der Waals surface area contributed by atoms with E-state index >= 15 is 0 Å². The molecule has 0 radical (unpaired) electrons. The fraction of sp³-hybridized carbons (Fsp3) is 0.600. The van der Waals surface area contributed by atoms with Crippen molar-refractivity contribution in [1.29, 1.82) is 0 Å². The SMILES string of the molecule is Cl.Nc1cc(S(=O)(=O)N2CCOCC2)ccc1N1CCCNCC1. The van der Waals surface area contributed by atoms with Gasteiger partial charge in [0.2, 0.25) is 10.0 Å². The highest BCUT2D eigenvalue weighted by Crippen LogP contribution is 2.28. The van der Waals surface area contributed by atoms with Gasteiger partial charge in [-0.2, -0.15) is 4.31 Å². The Morgan fingerprint density at radius 3 is 2.54 bits per heavy atom. The van der Waals surface area contributed by atoms with Crippen LogP contribution in [0.2, 0.25) is 0 Å². The number of anilines is 2. The molecule has 2 aliphatic heterocycles. The number of halogens is 1. The summed E-state index contributed by atoms with van der Waals surface area (Å²) in [5.41, 5.74) is 7.59. The molecule has 0 unspecified atom stereocenters. The second-order valence-corrected chi connectivity index (χ2v) is 7.77. The molecule has 2 fully saturated rings. The van der Waals surface area contributed by atoms with Gasteiger partial charge in [-0.25, -0.2) is 8.42 Å². The van der Waals surface area contributed by atoms with Crippen LogP contribution in [-0.4, -0.2) is 65.2 Å². The lowest BCUT2D eigenvalue weighted by Gasteiger charge is -2.27. The van der Waals surface area contributed by atoms with Crippen LogP contribution in [0.15, 0.2) is 23.1 Å². The van der Waals surface area contributed by atoms with Gasteiger partial charge in [0.05, 0.1) is 29.5 Å². The normalized spacial score (nSPS) is 20.2. The van der Waals surface area contributed by atoms with E-state index in [1.165, 1.54) is 4.31 Å². The Morgan fingerprint density at radius 2 is 1.83 bits per heavy atom. The van der Waals surface area contributed by atoms with Crippen molar-refractivity contribution in [3.8, 4) is 0 Å². The molecule has 3 N–H and O–H groups in total. The van der Waals surface area contributed by atoms with E-state index in [-0.39, 0.29) is 17.3 Å². The van der Waals surface area contributed by atoms with Crippen LogP contribution in [0.1, 0.15) is 6.42 Å². The molecule has 0 saturated carbocycles. The largest absolute Gasteiger partial charge is 0.397 e. The van der Waals surface area contributed by atoms with Crippen molar-refractivity contribution in [2.24, 2.45) is 0 Å². The first-order valence-corrected chi connectivity index (χ1v) is 9.46. The van der Waals surface area contributed by atoms with Crippen LogP contribution in [0.3, 0.4) is 0 Å². The van der Waals surface area contributed by atoms with Crippen LogP contribution in [0.4, 0.5) is 11.4 Å². The quantitative estimate of drug-likeness (QED) is 0.747. The zero-order chi connectivity index (χ0) is 16.3. The maximum atomic E-state index is 12.7. The molecule has 0 spiro atoms. The maximum absolute atomic E-state index is 12.7. The van der Waals surface area contributed by atoms with E-state index in [0.717, 1.165) is 38.3 Å². The standard InChI is InChI=1S/C15H24N4O3S.ClH/c16-14-12-13(23(20,21)19-8-10-22-11-9-19)2-3-15(14)18-6-1-4-17-5-7-18;/h2-3,12,17H,1,4-11,16H2;1H. The van der Waals surface area contributed by atoms with Gasteiger partial charge in [-0.1, -0.05) is 0 Å². The molecule has 0 aliphatic carbocycles. The Bertz CT molecular complexity index is 642. The number of nitrogens with zero attached hydrogens (tertiary/aromatic N) is 2. The Labute approximate surface area is 149 Å². The highest BCUT2D eigenvalue weighted by molar-refractivity contribution is 7.89. The minimum Gasteiger partial charge on any atom is -0.397 e. The van der Waals surface area contributed by atoms with Crippen molar-refractivity contribution in [3.63, 3.8) is 0 Å². The molecule has 0 aromatic heterocycles. The smallest absolute Gasteiger partial charge is 0.243 e. The topological polar surface area (TPSA) is 87.9 Å². The average molecular weight is 377 g/mol. The van der Waals surface area contributed by atoms with Gasteiger partial charge in [0.15, 0.2) is 0 Å². The molecule has 0 amide bonds. The molecule has 3 rings (SSSR count). The number of ether oxygens (including phenoxy) is 1. The molecule has 1 aromatic carbocycles. The van der Waals surface area contributed by atoms with E-state index in [4.69, 9.17) is 10.5 Å². The summed E-state index contributed by atoms with van der Waals surface area (Å²) in [5.74, 6) is 0. The summed E-state index contributed by atoms with van der Waals surface area (Å²) in [5, 5.41) is 3.35. The van der Waals surface area contributed by atoms with Crippen LogP contribution in [0, 0.1) is 0 Å². The summed E-state index contributed by atoms with van der Waals surface area (Å²) in [6, 6.07) is 5.07. The third kappa shape index (κ3) is 4.12. The van der Waals surface area contributed by atoms with E-state index in [2.05, 4.69) is 10.2 Å². The Balaban J connectivity index is 0.00000208. The van der Waals surface area contributed by atoms with Crippen LogP contribution >= 0.6 is 12.4 Å². The van der Waals surface area contributed by atoms with Crippen molar-refractivity contribution >= 4 is 33.8 Å². The van der Waals surface area contributed by atoms with Crippen LogP contribution in [0.25, 0.3) is 0 Å². The molecular weight excluding hydrogens is 352 g/mol. The van der Waals surface area contributed by atoms with E-state index in [1.54, 1.807) is 12.1 Å². The molecule has 0 bridgehead atoms. The molecule has 2 saturated heterocycles. The lowest BCUT2D eigenvalue weighted by molar-refractivity contribution is 0.0730. The average Bonchev–Trinajstić information content (AvgIpc) is 2.85. The van der Waals surface area contributed by atoms with E-state index in [9.17, 15) is 8.42 Å². The predicted molar refractivity (Wildman–Crippen MR) is 97.4 cm³/mol. The maximum Gasteiger partial charge on any atom is 0.243 e. The molecule has 24 heavy (non-hydrogen) atoms. The third-order valence-corrected chi connectivity index (χ3v) is 6.18. The molecule has 0 atom stereocenters. The van der Waals surface area contributed by atoms with Gasteiger partial charge in [0.1, 0.15) is 0 Å². The van der Waals surface area contributed by atoms with Crippen molar-refractivity contribution in [3.05, 3.63) is 18.2 Å². The van der Waals surface area contributed by atoms with Crippen LogP contribution in [0.5, 0.6) is 0 Å². The number of rotatable bonds is 3. The Kier molecular flexibility index (Phi) is 6.70. The molecule has 136 valence electrons. The van der Waals surface area contributed by atoms with Gasteiger partial charge >= 0.3 is 0 Å². The predicted octanol–water partition coefficient (Wildman–Crippen LogP) is 0.511. The first-order chi connectivity index (χ1) is 11.1. The van der Waals surface area contributed by atoms with Crippen molar-refractivity contribution in [1.82, 2.24) is 9.62 Å². The van der Waals surface area contributed by atoms with E-state index < -0.39 is 10.0 Å². The van der Waals surface area contributed by atoms with Gasteiger partial charge in [-0.3, -0.25) is 0 Å². The van der Waals surface area contributed by atoms with Gasteiger partial charge in [-0.15, -0.1) is 12.4 Å². The minimum atomic E-state index is -3.50. The lowest BCUT2D eigenvalue weighted by atomic mass is 10.2. The second kappa shape index (κ2) is 8.35. The molecule has 2 heterocycles. The van der Waals surface area contributed by atoms with Crippen molar-refractivity contribution in [2.75, 3.05) is 63.1 Å². The van der Waals surface area contributed by atoms with Crippen LogP contribution in [-0.2, 0) is 14.8 Å². The molecule has 2 aliphatic rings. The number of nitrogens with two attached hydrogens (primary N) is 1. The summed E-state index contributed by atoms with van der Waals surface area (Å²) < 4.78 is 32.0. The van der Waals surface area contributed by atoms with Gasteiger partial charge in [0.25, 0.3) is 0 Å². The van der Waals surface area contributed by atoms with E-state index in [1.807, 2.05) is 6.07 Å². The molecule has 1 aromatic rings. The van der Waals surface area contributed by atoms with Crippen molar-refractivity contribution in [2.45, 2.75) is 11.3 Å². The monoisotopic (exact) mass is 376 g/mol. The lowest BCUT2D eigenvalue weighted by Crippen LogP contribution is -2.40. The van der Waals surface area contributed by atoms with Gasteiger partial charge in [-0.05, 0) is 31.2 Å². The molecule has 7 nitrogen and oxygen atoms in total.